The number of hydrogen-bond acceptors (Lipinski definition) is 2. The third-order valence-corrected chi connectivity index (χ3v) is 2.94. The third-order valence-electron chi connectivity index (χ3n) is 2.94. The lowest BCUT2D eigenvalue weighted by atomic mass is 10.1. The number of aromatic nitrogens is 1. The molecule has 1 aromatic heterocycles. The van der Waals surface area contributed by atoms with E-state index in [1.165, 1.54) is 12.1 Å². The van der Waals surface area contributed by atoms with Crippen molar-refractivity contribution in [3.8, 4) is 0 Å². The lowest BCUT2D eigenvalue weighted by Crippen LogP contribution is -1.93. The largest absolute Gasteiger partial charge is 0.440 e. The Bertz CT molecular complexity index is 749. The van der Waals surface area contributed by atoms with Crippen LogP contribution >= 0.6 is 0 Å². The predicted molar refractivity (Wildman–Crippen MR) is 67.9 cm³/mol. The first kappa shape index (κ1) is 11.8. The molecule has 3 aromatic rings. The van der Waals surface area contributed by atoms with E-state index in [0.717, 1.165) is 17.1 Å². The van der Waals surface area contributed by atoms with E-state index in [-0.39, 0.29) is 6.42 Å². The van der Waals surface area contributed by atoms with Gasteiger partial charge in [-0.15, -0.1) is 0 Å². The molecular formula is C15H11F2NO. The van der Waals surface area contributed by atoms with E-state index in [4.69, 9.17) is 4.42 Å². The highest BCUT2D eigenvalue weighted by Gasteiger charge is 2.10. The van der Waals surface area contributed by atoms with E-state index >= 15 is 0 Å². The molecule has 0 saturated carbocycles. The molecule has 0 bridgehead atoms. The second kappa shape index (κ2) is 4.46. The molecule has 1 heterocycles. The van der Waals surface area contributed by atoms with Gasteiger partial charge in [-0.05, 0) is 36.2 Å². The Morgan fingerprint density at radius 3 is 2.74 bits per heavy atom. The van der Waals surface area contributed by atoms with Crippen molar-refractivity contribution < 1.29 is 13.2 Å². The summed E-state index contributed by atoms with van der Waals surface area (Å²) in [6.45, 7) is 1.97. The van der Waals surface area contributed by atoms with Crippen molar-refractivity contribution in [1.82, 2.24) is 4.98 Å². The van der Waals surface area contributed by atoms with Crippen LogP contribution in [0.4, 0.5) is 8.78 Å². The van der Waals surface area contributed by atoms with Gasteiger partial charge in [0.05, 0.1) is 6.42 Å². The third kappa shape index (κ3) is 2.34. The molecule has 0 N–H and O–H groups in total. The number of nitrogens with zero attached hydrogens (tertiary/aromatic N) is 1. The number of aryl methyl sites for hydroxylation is 1. The van der Waals surface area contributed by atoms with Gasteiger partial charge in [-0.25, -0.2) is 13.8 Å². The zero-order valence-corrected chi connectivity index (χ0v) is 10.3. The van der Waals surface area contributed by atoms with Crippen LogP contribution in [0, 0.1) is 18.6 Å². The standard InChI is InChI=1S/C15H11F2NO/c1-9-2-5-14-13(6-9)18-15(19-14)7-10-3-4-11(16)8-12(10)17/h2-6,8H,7H2,1H3. The maximum atomic E-state index is 13.5. The zero-order valence-electron chi connectivity index (χ0n) is 10.3. The first-order valence-corrected chi connectivity index (χ1v) is 5.92. The van der Waals surface area contributed by atoms with Gasteiger partial charge in [0.1, 0.15) is 17.2 Å². The fourth-order valence-electron chi connectivity index (χ4n) is 1.99. The van der Waals surface area contributed by atoms with Crippen molar-refractivity contribution in [2.75, 3.05) is 0 Å². The monoisotopic (exact) mass is 259 g/mol. The highest BCUT2D eigenvalue weighted by atomic mass is 19.1. The maximum Gasteiger partial charge on any atom is 0.200 e. The summed E-state index contributed by atoms with van der Waals surface area (Å²) >= 11 is 0. The van der Waals surface area contributed by atoms with Gasteiger partial charge >= 0.3 is 0 Å². The Morgan fingerprint density at radius 1 is 1.11 bits per heavy atom. The summed E-state index contributed by atoms with van der Waals surface area (Å²) in [6, 6.07) is 9.17. The van der Waals surface area contributed by atoms with Crippen LogP contribution in [0.25, 0.3) is 11.1 Å². The van der Waals surface area contributed by atoms with Crippen LogP contribution in [-0.2, 0) is 6.42 Å². The molecule has 4 heteroatoms. The fraction of sp³-hybridized carbons (Fsp3) is 0.133. The Hall–Kier alpha value is -2.23. The van der Waals surface area contributed by atoms with E-state index in [9.17, 15) is 8.78 Å². The molecule has 0 atom stereocenters. The van der Waals surface area contributed by atoms with Gasteiger partial charge in [0, 0.05) is 6.07 Å². The zero-order chi connectivity index (χ0) is 13.4. The maximum absolute atomic E-state index is 13.5. The smallest absolute Gasteiger partial charge is 0.200 e. The first-order chi connectivity index (χ1) is 9.11. The Morgan fingerprint density at radius 2 is 1.95 bits per heavy atom. The Balaban J connectivity index is 1.96. The Labute approximate surface area is 108 Å². The molecule has 3 rings (SSSR count). The number of hydrogen-bond donors (Lipinski definition) is 0. The van der Waals surface area contributed by atoms with Gasteiger partial charge in [0.2, 0.25) is 0 Å². The van der Waals surface area contributed by atoms with E-state index in [2.05, 4.69) is 4.98 Å². The molecule has 96 valence electrons. The van der Waals surface area contributed by atoms with E-state index in [1.807, 2.05) is 25.1 Å². The summed E-state index contributed by atoms with van der Waals surface area (Å²) in [4.78, 5) is 4.31. The quantitative estimate of drug-likeness (QED) is 0.695. The minimum Gasteiger partial charge on any atom is -0.440 e. The van der Waals surface area contributed by atoms with Crippen LogP contribution in [0.3, 0.4) is 0 Å². The van der Waals surface area contributed by atoms with Crippen LogP contribution in [-0.4, -0.2) is 4.98 Å². The molecule has 0 aliphatic rings. The van der Waals surface area contributed by atoms with E-state index in [0.29, 0.717) is 17.0 Å². The number of benzene rings is 2. The lowest BCUT2D eigenvalue weighted by molar-refractivity contribution is 0.529. The molecule has 0 aliphatic heterocycles. The number of oxazole rings is 1. The topological polar surface area (TPSA) is 26.0 Å². The van der Waals surface area contributed by atoms with Crippen molar-refractivity contribution in [2.24, 2.45) is 0 Å². The second-order valence-electron chi connectivity index (χ2n) is 4.49. The van der Waals surface area contributed by atoms with Crippen molar-refractivity contribution in [3.05, 3.63) is 65.1 Å². The van der Waals surface area contributed by atoms with Gasteiger partial charge in [0.25, 0.3) is 0 Å². The average molecular weight is 259 g/mol. The minimum absolute atomic E-state index is 0.208. The molecule has 0 aliphatic carbocycles. The first-order valence-electron chi connectivity index (χ1n) is 5.92. The SMILES string of the molecule is Cc1ccc2oc(Cc3ccc(F)cc3F)nc2c1. The van der Waals surface area contributed by atoms with E-state index < -0.39 is 11.6 Å². The molecule has 19 heavy (non-hydrogen) atoms. The molecule has 0 fully saturated rings. The van der Waals surface area contributed by atoms with Crippen LogP contribution < -0.4 is 0 Å². The highest BCUT2D eigenvalue weighted by Crippen LogP contribution is 2.20. The van der Waals surface area contributed by atoms with Gasteiger partial charge in [-0.2, -0.15) is 0 Å². The van der Waals surface area contributed by atoms with Crippen LogP contribution in [0.5, 0.6) is 0 Å². The number of rotatable bonds is 2. The highest BCUT2D eigenvalue weighted by molar-refractivity contribution is 5.73. The minimum atomic E-state index is -0.588. The van der Waals surface area contributed by atoms with Crippen LogP contribution in [0.15, 0.2) is 40.8 Å². The summed E-state index contributed by atoms with van der Waals surface area (Å²) in [5.41, 5.74) is 2.87. The summed E-state index contributed by atoms with van der Waals surface area (Å²) in [7, 11) is 0. The molecule has 0 saturated heterocycles. The van der Waals surface area contributed by atoms with Crippen LogP contribution in [0.1, 0.15) is 17.0 Å². The normalized spacial score (nSPS) is 11.1. The number of fused-ring (bicyclic) bond motifs is 1. The second-order valence-corrected chi connectivity index (χ2v) is 4.49. The summed E-state index contributed by atoms with van der Waals surface area (Å²) in [5.74, 6) is -0.751. The van der Waals surface area contributed by atoms with Gasteiger partial charge in [-0.1, -0.05) is 12.1 Å². The van der Waals surface area contributed by atoms with Crippen molar-refractivity contribution in [3.63, 3.8) is 0 Å². The summed E-state index contributed by atoms with van der Waals surface area (Å²) < 4.78 is 31.9. The van der Waals surface area contributed by atoms with Gasteiger partial charge < -0.3 is 4.42 Å². The molecule has 0 unspecified atom stereocenters. The predicted octanol–water partition coefficient (Wildman–Crippen LogP) is 4.01. The van der Waals surface area contributed by atoms with Gasteiger partial charge in [0.15, 0.2) is 11.5 Å². The van der Waals surface area contributed by atoms with Crippen molar-refractivity contribution in [2.45, 2.75) is 13.3 Å². The van der Waals surface area contributed by atoms with E-state index in [1.54, 1.807) is 0 Å². The van der Waals surface area contributed by atoms with Crippen LogP contribution in [0.2, 0.25) is 0 Å². The molecule has 2 nitrogen and oxygen atoms in total. The molecule has 2 aromatic carbocycles. The fourth-order valence-corrected chi connectivity index (χ4v) is 1.99. The molecule has 0 radical (unpaired) electrons. The number of halogens is 2. The Kier molecular flexibility index (Phi) is 2.78. The summed E-state index contributed by atoms with van der Waals surface area (Å²) in [6.07, 6.45) is 0.208. The molecule has 0 amide bonds. The summed E-state index contributed by atoms with van der Waals surface area (Å²) in [5, 5.41) is 0. The molecular weight excluding hydrogens is 248 g/mol. The lowest BCUT2D eigenvalue weighted by Gasteiger charge is -1.99. The van der Waals surface area contributed by atoms with Gasteiger partial charge in [-0.3, -0.25) is 0 Å². The van der Waals surface area contributed by atoms with Crippen molar-refractivity contribution >= 4 is 11.1 Å². The average Bonchev–Trinajstić information content (AvgIpc) is 2.74. The van der Waals surface area contributed by atoms with Crippen molar-refractivity contribution in [1.29, 1.82) is 0 Å². The molecule has 0 spiro atoms.